The zero-order chi connectivity index (χ0) is 18.6. The van der Waals surface area contributed by atoms with Crippen molar-refractivity contribution in [3.8, 4) is 0 Å². The van der Waals surface area contributed by atoms with E-state index in [9.17, 15) is 18.5 Å². The number of rotatable bonds is 6. The molecule has 1 fully saturated rings. The van der Waals surface area contributed by atoms with Crippen LogP contribution in [0.1, 0.15) is 26.2 Å². The van der Waals surface area contributed by atoms with Gasteiger partial charge in [0.1, 0.15) is 0 Å². The quantitative estimate of drug-likeness (QED) is 0.441. The molecule has 10 heteroatoms. The van der Waals surface area contributed by atoms with Crippen LogP contribution in [0.2, 0.25) is 5.02 Å². The predicted molar refractivity (Wildman–Crippen MR) is 103 cm³/mol. The minimum atomic E-state index is -3.04. The van der Waals surface area contributed by atoms with Gasteiger partial charge in [-0.25, -0.2) is 8.42 Å². The van der Waals surface area contributed by atoms with Crippen LogP contribution < -0.4 is 5.32 Å². The number of hydrogen-bond acceptors (Lipinski definition) is 5. The van der Waals surface area contributed by atoms with E-state index in [-0.39, 0.29) is 23.2 Å². The monoisotopic (exact) mass is 405 g/mol. The third-order valence-corrected chi connectivity index (χ3v) is 6.48. The summed E-state index contributed by atoms with van der Waals surface area (Å²) in [5, 5.41) is 14.5. The van der Waals surface area contributed by atoms with Gasteiger partial charge in [0, 0.05) is 24.7 Å². The topological polar surface area (TPSA) is 92.5 Å². The Morgan fingerprint density at radius 2 is 2.24 bits per heavy atom. The van der Waals surface area contributed by atoms with E-state index in [0.717, 1.165) is 12.8 Å². The van der Waals surface area contributed by atoms with Crippen LogP contribution in [0.25, 0.3) is 0 Å². The van der Waals surface area contributed by atoms with E-state index in [4.69, 9.17) is 23.8 Å². The summed E-state index contributed by atoms with van der Waals surface area (Å²) < 4.78 is 23.6. The molecule has 0 bridgehead atoms. The van der Waals surface area contributed by atoms with Gasteiger partial charge in [-0.2, -0.15) is 0 Å². The number of benzene rings is 1. The molecule has 138 valence electrons. The Kier molecular flexibility index (Phi) is 6.59. The lowest BCUT2D eigenvalue weighted by atomic mass is 10.2. The fourth-order valence-corrected chi connectivity index (χ4v) is 4.96. The van der Waals surface area contributed by atoms with Gasteiger partial charge in [0.2, 0.25) is 0 Å². The maximum absolute atomic E-state index is 11.8. The lowest BCUT2D eigenvalue weighted by molar-refractivity contribution is -0.384. The van der Waals surface area contributed by atoms with Crippen LogP contribution in [0.3, 0.4) is 0 Å². The summed E-state index contributed by atoms with van der Waals surface area (Å²) in [7, 11) is -3.04. The summed E-state index contributed by atoms with van der Waals surface area (Å²) in [5.41, 5.74) is 0.237. The van der Waals surface area contributed by atoms with Crippen LogP contribution in [0.5, 0.6) is 0 Å². The van der Waals surface area contributed by atoms with E-state index in [0.29, 0.717) is 28.8 Å². The van der Waals surface area contributed by atoms with Crippen LogP contribution in [-0.4, -0.2) is 47.4 Å². The molecule has 0 unspecified atom stereocenters. The molecule has 0 aromatic heterocycles. The first-order valence-electron chi connectivity index (χ1n) is 7.95. The van der Waals surface area contributed by atoms with Gasteiger partial charge < -0.3 is 10.2 Å². The first kappa shape index (κ1) is 19.9. The van der Waals surface area contributed by atoms with Crippen molar-refractivity contribution in [2.24, 2.45) is 0 Å². The van der Waals surface area contributed by atoms with E-state index in [2.05, 4.69) is 5.32 Å². The summed E-state index contributed by atoms with van der Waals surface area (Å²) in [5.74, 6) is 0.224. The number of nitro benzene ring substituents is 1. The second kappa shape index (κ2) is 8.29. The second-order valence-corrected chi connectivity index (χ2v) is 8.98. The van der Waals surface area contributed by atoms with Gasteiger partial charge in [0.15, 0.2) is 14.9 Å². The molecule has 2 rings (SSSR count). The average molecular weight is 406 g/mol. The van der Waals surface area contributed by atoms with Crippen molar-refractivity contribution in [1.29, 1.82) is 0 Å². The summed E-state index contributed by atoms with van der Waals surface area (Å²) in [6, 6.07) is 3.88. The largest absolute Gasteiger partial charge is 0.345 e. The number of non-ortho nitro benzene ring substituents is 1. The smallest absolute Gasteiger partial charge is 0.271 e. The molecule has 0 amide bonds. The van der Waals surface area contributed by atoms with Crippen LogP contribution in [0.4, 0.5) is 11.4 Å². The highest BCUT2D eigenvalue weighted by Gasteiger charge is 2.33. The highest BCUT2D eigenvalue weighted by Crippen LogP contribution is 2.28. The Morgan fingerprint density at radius 3 is 2.80 bits per heavy atom. The third kappa shape index (κ3) is 5.26. The van der Waals surface area contributed by atoms with Crippen molar-refractivity contribution < 1.29 is 13.3 Å². The van der Waals surface area contributed by atoms with E-state index in [1.807, 2.05) is 11.8 Å². The van der Waals surface area contributed by atoms with E-state index in [1.165, 1.54) is 18.2 Å². The number of hydrogen-bond donors (Lipinski definition) is 1. The number of nitro groups is 1. The molecule has 1 aliphatic rings. The first-order valence-corrected chi connectivity index (χ1v) is 10.6. The van der Waals surface area contributed by atoms with Gasteiger partial charge >= 0.3 is 0 Å². The fourth-order valence-electron chi connectivity index (χ4n) is 2.71. The highest BCUT2D eigenvalue weighted by atomic mass is 35.5. The van der Waals surface area contributed by atoms with Gasteiger partial charge in [-0.15, -0.1) is 0 Å². The highest BCUT2D eigenvalue weighted by molar-refractivity contribution is 7.91. The number of thiocarbonyl (C=S) groups is 1. The van der Waals surface area contributed by atoms with Gasteiger partial charge in [-0.05, 0) is 31.1 Å². The Bertz CT molecular complexity index is 770. The molecular weight excluding hydrogens is 386 g/mol. The molecule has 1 heterocycles. The van der Waals surface area contributed by atoms with Crippen molar-refractivity contribution in [3.05, 3.63) is 33.3 Å². The molecule has 1 aromatic rings. The second-order valence-electron chi connectivity index (χ2n) is 5.96. The molecule has 25 heavy (non-hydrogen) atoms. The predicted octanol–water partition coefficient (Wildman–Crippen LogP) is 3.23. The number of anilines is 1. The van der Waals surface area contributed by atoms with E-state index in [1.54, 1.807) is 0 Å². The Morgan fingerprint density at radius 1 is 1.52 bits per heavy atom. The molecule has 0 aliphatic carbocycles. The Balaban J connectivity index is 2.19. The van der Waals surface area contributed by atoms with E-state index >= 15 is 0 Å². The lowest BCUT2D eigenvalue weighted by Crippen LogP contribution is -2.44. The van der Waals surface area contributed by atoms with Gasteiger partial charge in [0.05, 0.1) is 27.1 Å². The zero-order valence-corrected chi connectivity index (χ0v) is 16.2. The zero-order valence-electron chi connectivity index (χ0n) is 13.8. The van der Waals surface area contributed by atoms with Crippen molar-refractivity contribution in [1.82, 2.24) is 4.90 Å². The molecule has 1 saturated heterocycles. The molecule has 0 radical (unpaired) electrons. The molecular formula is C15H20ClN3O4S2. The van der Waals surface area contributed by atoms with Crippen molar-refractivity contribution in [3.63, 3.8) is 0 Å². The minimum Gasteiger partial charge on any atom is -0.345 e. The van der Waals surface area contributed by atoms with Crippen LogP contribution in [0, 0.1) is 10.1 Å². The molecule has 1 N–H and O–H groups in total. The number of unbranched alkanes of at least 4 members (excludes halogenated alkanes) is 1. The average Bonchev–Trinajstić information content (AvgIpc) is 2.89. The van der Waals surface area contributed by atoms with Gasteiger partial charge in [0.25, 0.3) is 5.69 Å². The normalized spacial score (nSPS) is 18.7. The maximum Gasteiger partial charge on any atom is 0.271 e. The molecule has 1 atom stereocenters. The summed E-state index contributed by atoms with van der Waals surface area (Å²) in [6.45, 7) is 2.66. The SMILES string of the molecule is CCCCN(C(=S)Nc1cc([N+](=O)[O-])ccc1Cl)[C@@H]1CCS(=O)(=O)C1. The maximum atomic E-state index is 11.8. The van der Waals surface area contributed by atoms with Gasteiger partial charge in [-0.3, -0.25) is 10.1 Å². The fraction of sp³-hybridized carbons (Fsp3) is 0.533. The molecule has 0 spiro atoms. The summed E-state index contributed by atoms with van der Waals surface area (Å²) >= 11 is 11.5. The minimum absolute atomic E-state index is 0.0706. The van der Waals surface area contributed by atoms with Crippen LogP contribution in [-0.2, 0) is 9.84 Å². The van der Waals surface area contributed by atoms with Crippen LogP contribution >= 0.6 is 23.8 Å². The van der Waals surface area contributed by atoms with E-state index < -0.39 is 14.8 Å². The molecule has 1 aliphatic heterocycles. The lowest BCUT2D eigenvalue weighted by Gasteiger charge is -2.31. The Labute approximate surface area is 157 Å². The molecule has 1 aromatic carbocycles. The van der Waals surface area contributed by atoms with Crippen molar-refractivity contribution in [2.45, 2.75) is 32.2 Å². The van der Waals surface area contributed by atoms with Crippen LogP contribution in [0.15, 0.2) is 18.2 Å². The molecule has 0 saturated carbocycles. The van der Waals surface area contributed by atoms with Crippen molar-refractivity contribution in [2.75, 3.05) is 23.4 Å². The number of halogens is 1. The number of nitrogens with zero attached hydrogens (tertiary/aromatic N) is 2. The Hall–Kier alpha value is -1.45. The van der Waals surface area contributed by atoms with Gasteiger partial charge in [-0.1, -0.05) is 24.9 Å². The number of sulfone groups is 1. The molecule has 7 nitrogen and oxygen atoms in total. The van der Waals surface area contributed by atoms with Crippen molar-refractivity contribution >= 4 is 50.1 Å². The first-order chi connectivity index (χ1) is 11.7. The third-order valence-electron chi connectivity index (χ3n) is 4.06. The standard InChI is InChI=1S/C15H20ClN3O4S2/c1-2-3-7-18(12-6-8-25(22,23)10-12)15(24)17-14-9-11(19(20)21)4-5-13(14)16/h4-5,9,12H,2-3,6-8,10H2,1H3,(H,17,24)/t12-/m1/s1. The number of nitrogens with one attached hydrogen (secondary N) is 1. The summed E-state index contributed by atoms with van der Waals surface area (Å²) in [6.07, 6.45) is 2.33. The summed E-state index contributed by atoms with van der Waals surface area (Å²) in [4.78, 5) is 12.3.